The van der Waals surface area contributed by atoms with Crippen LogP contribution in [-0.2, 0) is 16.0 Å². The van der Waals surface area contributed by atoms with Crippen LogP contribution in [0.3, 0.4) is 0 Å². The van der Waals surface area contributed by atoms with Gasteiger partial charge in [-0.15, -0.1) is 0 Å². The van der Waals surface area contributed by atoms with Gasteiger partial charge in [-0.3, -0.25) is 14.6 Å². The van der Waals surface area contributed by atoms with Crippen LogP contribution in [0.15, 0.2) is 60.8 Å². The fourth-order valence-electron chi connectivity index (χ4n) is 5.44. The minimum atomic E-state index is -0.533. The molecule has 190 valence electrons. The van der Waals surface area contributed by atoms with Crippen molar-refractivity contribution in [2.24, 2.45) is 11.3 Å². The molecule has 4 rings (SSSR count). The van der Waals surface area contributed by atoms with Crippen LogP contribution in [0.4, 0.5) is 0 Å². The Balaban J connectivity index is 1.39. The Hall–Kier alpha value is -2.92. The summed E-state index contributed by atoms with van der Waals surface area (Å²) in [5.41, 5.74) is 3.19. The zero-order valence-electron chi connectivity index (χ0n) is 21.6. The standard InChI is InChI=1S/C30H36ClN3O2/c1-20(2)28(33-27(35)14-11-21-15-17-32-26-8-6-5-7-24(21)26)29(36)34-18-16-25(30(3,4)19-34)22-9-12-23(31)13-10-22/h5-10,12-13,15,17,20,25,28H,11,14,16,18-19H2,1-4H3,(H,33,35)/t25?,28-/m1/s1. The molecular weight excluding hydrogens is 470 g/mol. The van der Waals surface area contributed by atoms with E-state index >= 15 is 0 Å². The molecule has 1 aliphatic rings. The maximum atomic E-state index is 13.6. The highest BCUT2D eigenvalue weighted by atomic mass is 35.5. The second-order valence-corrected chi connectivity index (χ2v) is 11.4. The maximum absolute atomic E-state index is 13.6. The number of piperidine rings is 1. The van der Waals surface area contributed by atoms with Gasteiger partial charge in [0.1, 0.15) is 6.04 Å². The lowest BCUT2D eigenvalue weighted by atomic mass is 9.70. The summed E-state index contributed by atoms with van der Waals surface area (Å²) in [5.74, 6) is 0.259. The van der Waals surface area contributed by atoms with Crippen molar-refractivity contribution in [1.29, 1.82) is 0 Å². The Morgan fingerprint density at radius 2 is 1.83 bits per heavy atom. The van der Waals surface area contributed by atoms with E-state index in [1.54, 1.807) is 6.20 Å². The van der Waals surface area contributed by atoms with E-state index < -0.39 is 6.04 Å². The fraction of sp³-hybridized carbons (Fsp3) is 0.433. The van der Waals surface area contributed by atoms with Gasteiger partial charge in [-0.05, 0) is 65.5 Å². The Morgan fingerprint density at radius 1 is 1.11 bits per heavy atom. The zero-order chi connectivity index (χ0) is 25.9. The van der Waals surface area contributed by atoms with Gasteiger partial charge in [0, 0.05) is 36.1 Å². The lowest BCUT2D eigenvalue weighted by Crippen LogP contribution is -2.55. The van der Waals surface area contributed by atoms with Gasteiger partial charge in [-0.25, -0.2) is 0 Å². The second kappa shape index (κ2) is 11.0. The molecule has 2 amide bonds. The van der Waals surface area contributed by atoms with Crippen molar-refractivity contribution in [2.75, 3.05) is 13.1 Å². The van der Waals surface area contributed by atoms with E-state index in [9.17, 15) is 9.59 Å². The number of carbonyl (C=O) groups excluding carboxylic acids is 2. The fourth-order valence-corrected chi connectivity index (χ4v) is 5.56. The monoisotopic (exact) mass is 505 g/mol. The van der Waals surface area contributed by atoms with Gasteiger partial charge < -0.3 is 10.2 Å². The van der Waals surface area contributed by atoms with Crippen molar-refractivity contribution in [2.45, 2.75) is 58.9 Å². The number of amides is 2. The van der Waals surface area contributed by atoms with E-state index in [-0.39, 0.29) is 23.1 Å². The summed E-state index contributed by atoms with van der Waals surface area (Å²) in [5, 5.41) is 4.85. The molecule has 5 nitrogen and oxygen atoms in total. The van der Waals surface area contributed by atoms with Crippen LogP contribution < -0.4 is 5.32 Å². The molecule has 1 aromatic heterocycles. The third kappa shape index (κ3) is 5.89. The Kier molecular flexibility index (Phi) is 7.99. The molecule has 0 saturated carbocycles. The molecule has 0 spiro atoms. The highest BCUT2D eigenvalue weighted by Crippen LogP contribution is 2.42. The summed E-state index contributed by atoms with van der Waals surface area (Å²) in [6.07, 6.45) is 3.60. The molecule has 2 atom stereocenters. The predicted molar refractivity (Wildman–Crippen MR) is 146 cm³/mol. The van der Waals surface area contributed by atoms with Gasteiger partial charge in [0.15, 0.2) is 0 Å². The van der Waals surface area contributed by atoms with Gasteiger partial charge in [-0.2, -0.15) is 0 Å². The molecule has 2 heterocycles. The number of para-hydroxylation sites is 1. The number of nitrogens with one attached hydrogen (secondary N) is 1. The molecule has 36 heavy (non-hydrogen) atoms. The summed E-state index contributed by atoms with van der Waals surface area (Å²) in [6.45, 7) is 9.75. The van der Waals surface area contributed by atoms with E-state index in [1.165, 1.54) is 5.56 Å². The molecular formula is C30H36ClN3O2. The van der Waals surface area contributed by atoms with E-state index in [1.807, 2.05) is 61.2 Å². The minimum absolute atomic E-state index is 0.000284. The molecule has 0 aliphatic carbocycles. The van der Waals surface area contributed by atoms with Crippen molar-refractivity contribution < 1.29 is 9.59 Å². The van der Waals surface area contributed by atoms with Crippen molar-refractivity contribution in [3.05, 3.63) is 76.9 Å². The average molecular weight is 506 g/mol. The Labute approximate surface area is 219 Å². The van der Waals surface area contributed by atoms with Crippen LogP contribution in [0.25, 0.3) is 10.9 Å². The van der Waals surface area contributed by atoms with Crippen molar-refractivity contribution in [1.82, 2.24) is 15.2 Å². The number of aromatic nitrogens is 1. The largest absolute Gasteiger partial charge is 0.344 e. The Morgan fingerprint density at radius 3 is 2.53 bits per heavy atom. The maximum Gasteiger partial charge on any atom is 0.245 e. The highest BCUT2D eigenvalue weighted by molar-refractivity contribution is 6.30. The lowest BCUT2D eigenvalue weighted by molar-refractivity contribution is -0.140. The average Bonchev–Trinajstić information content (AvgIpc) is 2.85. The van der Waals surface area contributed by atoms with Crippen LogP contribution in [0, 0.1) is 11.3 Å². The molecule has 2 aromatic carbocycles. The van der Waals surface area contributed by atoms with Crippen LogP contribution >= 0.6 is 11.6 Å². The first-order valence-corrected chi connectivity index (χ1v) is 13.2. The van der Waals surface area contributed by atoms with E-state index in [0.717, 1.165) is 27.9 Å². The number of hydrogen-bond acceptors (Lipinski definition) is 3. The number of rotatable bonds is 7. The van der Waals surface area contributed by atoms with E-state index in [2.05, 4.69) is 36.3 Å². The number of carbonyl (C=O) groups is 2. The molecule has 0 bridgehead atoms. The van der Waals surface area contributed by atoms with Crippen molar-refractivity contribution >= 4 is 34.3 Å². The van der Waals surface area contributed by atoms with Gasteiger partial charge >= 0.3 is 0 Å². The molecule has 6 heteroatoms. The number of benzene rings is 2. The topological polar surface area (TPSA) is 62.3 Å². The van der Waals surface area contributed by atoms with Crippen molar-refractivity contribution in [3.8, 4) is 0 Å². The lowest BCUT2D eigenvalue weighted by Gasteiger charge is -2.45. The number of aryl methyl sites for hydroxylation is 1. The second-order valence-electron chi connectivity index (χ2n) is 10.9. The molecule has 1 fully saturated rings. The third-order valence-corrected chi connectivity index (χ3v) is 7.68. The zero-order valence-corrected chi connectivity index (χ0v) is 22.4. The number of halogens is 1. The number of nitrogens with zero attached hydrogens (tertiary/aromatic N) is 2. The predicted octanol–water partition coefficient (Wildman–Crippen LogP) is 6.00. The van der Waals surface area contributed by atoms with Gasteiger partial charge in [-0.1, -0.05) is 69.6 Å². The first-order valence-electron chi connectivity index (χ1n) is 12.8. The Bertz CT molecular complexity index is 1220. The number of fused-ring (bicyclic) bond motifs is 1. The van der Waals surface area contributed by atoms with E-state index in [0.29, 0.717) is 31.8 Å². The van der Waals surface area contributed by atoms with Crippen LogP contribution in [-0.4, -0.2) is 40.8 Å². The first kappa shape index (κ1) is 26.2. The summed E-state index contributed by atoms with van der Waals surface area (Å²) in [6, 6.07) is 17.4. The summed E-state index contributed by atoms with van der Waals surface area (Å²) >= 11 is 6.09. The van der Waals surface area contributed by atoms with Gasteiger partial charge in [0.2, 0.25) is 11.8 Å². The van der Waals surface area contributed by atoms with Crippen LogP contribution in [0.5, 0.6) is 0 Å². The highest BCUT2D eigenvalue weighted by Gasteiger charge is 2.40. The van der Waals surface area contributed by atoms with Crippen molar-refractivity contribution in [3.63, 3.8) is 0 Å². The normalized spacial score (nSPS) is 18.3. The number of hydrogen-bond donors (Lipinski definition) is 1. The van der Waals surface area contributed by atoms with E-state index in [4.69, 9.17) is 11.6 Å². The molecule has 1 unspecified atom stereocenters. The first-order chi connectivity index (χ1) is 17.2. The summed E-state index contributed by atoms with van der Waals surface area (Å²) < 4.78 is 0. The van der Waals surface area contributed by atoms with Gasteiger partial charge in [0.05, 0.1) is 5.52 Å². The smallest absolute Gasteiger partial charge is 0.245 e. The van der Waals surface area contributed by atoms with Gasteiger partial charge in [0.25, 0.3) is 0 Å². The molecule has 1 aliphatic heterocycles. The summed E-state index contributed by atoms with van der Waals surface area (Å²) in [4.78, 5) is 32.9. The molecule has 3 aromatic rings. The third-order valence-electron chi connectivity index (χ3n) is 7.42. The van der Waals surface area contributed by atoms with Crippen LogP contribution in [0.1, 0.15) is 57.6 Å². The molecule has 0 radical (unpaired) electrons. The quantitative estimate of drug-likeness (QED) is 0.428. The number of pyridine rings is 1. The SMILES string of the molecule is CC(C)[C@@H](NC(=O)CCc1ccnc2ccccc12)C(=O)N1CCC(c2ccc(Cl)cc2)C(C)(C)C1. The molecule has 1 N–H and O–H groups in total. The summed E-state index contributed by atoms with van der Waals surface area (Å²) in [7, 11) is 0. The minimum Gasteiger partial charge on any atom is -0.344 e. The molecule has 1 saturated heterocycles. The van der Waals surface area contributed by atoms with Crippen LogP contribution in [0.2, 0.25) is 5.02 Å². The number of likely N-dealkylation sites (tertiary alicyclic amines) is 1.